The molecule has 4 atom stereocenters. The Bertz CT molecular complexity index is 1370. The minimum absolute atomic E-state index is 0.303. The van der Waals surface area contributed by atoms with Crippen LogP contribution in [-0.2, 0) is 0 Å². The van der Waals surface area contributed by atoms with Crippen LogP contribution in [0.1, 0.15) is 42.7 Å². The monoisotopic (exact) mass is 441 g/mol. The molecular weight excluding hydrogens is 414 g/mol. The third kappa shape index (κ3) is 2.75. The summed E-state index contributed by atoms with van der Waals surface area (Å²) >= 11 is 0. The molecule has 1 fully saturated rings. The second-order valence-electron chi connectivity index (χ2n) is 9.83. The molecule has 3 heteroatoms. The zero-order valence-electron chi connectivity index (χ0n) is 19.1. The molecule has 3 nitrogen and oxygen atoms in total. The summed E-state index contributed by atoms with van der Waals surface area (Å²) in [4.78, 5) is 5.14. The van der Waals surface area contributed by atoms with Crippen LogP contribution in [-0.4, -0.2) is 12.1 Å². The van der Waals surface area contributed by atoms with E-state index in [1.54, 1.807) is 0 Å². The first kappa shape index (κ1) is 19.7. The van der Waals surface area contributed by atoms with Gasteiger partial charge in [-0.2, -0.15) is 5.26 Å². The van der Waals surface area contributed by atoms with E-state index in [2.05, 4.69) is 94.8 Å². The third-order valence-electron chi connectivity index (χ3n) is 8.06. The Morgan fingerprint density at radius 3 is 2.68 bits per heavy atom. The maximum atomic E-state index is 9.60. The third-order valence-corrected chi connectivity index (χ3v) is 8.06. The molecule has 0 aromatic heterocycles. The summed E-state index contributed by atoms with van der Waals surface area (Å²) < 4.78 is 0. The summed E-state index contributed by atoms with van der Waals surface area (Å²) in [7, 11) is 0. The molecule has 34 heavy (non-hydrogen) atoms. The van der Waals surface area contributed by atoms with E-state index in [-0.39, 0.29) is 0 Å². The average Bonchev–Trinajstić information content (AvgIpc) is 3.42. The Hall–Kier alpha value is -3.77. The van der Waals surface area contributed by atoms with Gasteiger partial charge in [-0.3, -0.25) is 0 Å². The molecule has 2 heterocycles. The average molecular weight is 442 g/mol. The SMILES string of the molecule is N#Cc1cccc(N2c3c(cccc3N3C4=CCCC=C4C4C=CC=CC43)C3C=CCCC32)c1. The highest BCUT2D eigenvalue weighted by Crippen LogP contribution is 2.56. The normalized spacial score (nSPS) is 28.0. The van der Waals surface area contributed by atoms with Crippen molar-refractivity contribution in [1.29, 1.82) is 5.26 Å². The first-order valence-electron chi connectivity index (χ1n) is 12.5. The Labute approximate surface area is 201 Å². The van der Waals surface area contributed by atoms with Gasteiger partial charge in [-0.05, 0) is 61.1 Å². The molecule has 2 aromatic rings. The van der Waals surface area contributed by atoms with Gasteiger partial charge in [0.15, 0.2) is 0 Å². The van der Waals surface area contributed by atoms with E-state index in [1.807, 2.05) is 12.1 Å². The molecule has 0 amide bonds. The lowest BCUT2D eigenvalue weighted by Gasteiger charge is -2.35. The summed E-state index contributed by atoms with van der Waals surface area (Å²) in [5.74, 6) is 0.788. The minimum atomic E-state index is 0.303. The molecule has 0 radical (unpaired) electrons. The molecule has 5 aliphatic rings. The Morgan fingerprint density at radius 2 is 1.74 bits per heavy atom. The molecule has 1 saturated heterocycles. The van der Waals surface area contributed by atoms with Crippen molar-refractivity contribution >= 4 is 17.1 Å². The van der Waals surface area contributed by atoms with E-state index in [4.69, 9.17) is 0 Å². The van der Waals surface area contributed by atoms with E-state index < -0.39 is 0 Å². The molecule has 0 N–H and O–H groups in total. The number of hydrogen-bond donors (Lipinski definition) is 0. The number of anilines is 3. The van der Waals surface area contributed by atoms with Crippen molar-refractivity contribution < 1.29 is 0 Å². The minimum Gasteiger partial charge on any atom is -0.335 e. The Balaban J connectivity index is 1.45. The van der Waals surface area contributed by atoms with Gasteiger partial charge in [-0.15, -0.1) is 0 Å². The van der Waals surface area contributed by atoms with Gasteiger partial charge in [-0.1, -0.05) is 66.8 Å². The van der Waals surface area contributed by atoms with Gasteiger partial charge in [0.05, 0.1) is 29.0 Å². The van der Waals surface area contributed by atoms with Crippen LogP contribution in [0.4, 0.5) is 17.1 Å². The predicted molar refractivity (Wildman–Crippen MR) is 138 cm³/mol. The number of para-hydroxylation sites is 1. The number of rotatable bonds is 2. The highest BCUT2D eigenvalue weighted by molar-refractivity contribution is 5.88. The van der Waals surface area contributed by atoms with E-state index in [0.29, 0.717) is 29.5 Å². The summed E-state index contributed by atoms with van der Waals surface area (Å²) in [6.07, 6.45) is 23.2. The maximum Gasteiger partial charge on any atom is 0.0992 e. The van der Waals surface area contributed by atoms with Crippen LogP contribution < -0.4 is 9.80 Å². The van der Waals surface area contributed by atoms with Crippen LogP contribution in [0.25, 0.3) is 0 Å². The summed E-state index contributed by atoms with van der Waals surface area (Å²) in [5.41, 5.74) is 8.70. The van der Waals surface area contributed by atoms with E-state index in [9.17, 15) is 5.26 Å². The molecule has 3 aliphatic carbocycles. The van der Waals surface area contributed by atoms with Crippen molar-refractivity contribution in [3.8, 4) is 6.07 Å². The Kier molecular flexibility index (Phi) is 4.42. The highest BCUT2D eigenvalue weighted by Gasteiger charge is 2.45. The van der Waals surface area contributed by atoms with Gasteiger partial charge in [0.1, 0.15) is 0 Å². The standard InChI is InChI=1S/C31H27N3/c32-20-21-9-7-10-22(19-21)33-27-15-4-3-13-25(27)26-14-8-18-30(31(26)33)34-28-16-5-1-11-23(28)24-12-2-6-17-29(24)34/h1,3,5,7-14,16-19,23,25,27-28H,2,4,6,15H2. The van der Waals surface area contributed by atoms with Gasteiger partial charge in [0.2, 0.25) is 0 Å². The molecule has 166 valence electrons. The number of nitriles is 1. The van der Waals surface area contributed by atoms with Crippen LogP contribution >= 0.6 is 0 Å². The van der Waals surface area contributed by atoms with Crippen molar-refractivity contribution in [2.24, 2.45) is 5.92 Å². The molecule has 4 unspecified atom stereocenters. The van der Waals surface area contributed by atoms with Crippen molar-refractivity contribution in [1.82, 2.24) is 0 Å². The van der Waals surface area contributed by atoms with Gasteiger partial charge >= 0.3 is 0 Å². The topological polar surface area (TPSA) is 30.3 Å². The number of allylic oxidation sites excluding steroid dienone is 6. The van der Waals surface area contributed by atoms with Gasteiger partial charge < -0.3 is 9.80 Å². The fourth-order valence-corrected chi connectivity index (χ4v) is 6.71. The van der Waals surface area contributed by atoms with Gasteiger partial charge in [0, 0.05) is 29.3 Å². The second kappa shape index (κ2) is 7.64. The molecule has 7 rings (SSSR count). The number of fused-ring (bicyclic) bond motifs is 6. The van der Waals surface area contributed by atoms with Gasteiger partial charge in [0.25, 0.3) is 0 Å². The van der Waals surface area contributed by atoms with Crippen LogP contribution in [0, 0.1) is 17.2 Å². The smallest absolute Gasteiger partial charge is 0.0992 e. The fourth-order valence-electron chi connectivity index (χ4n) is 6.71. The zero-order chi connectivity index (χ0) is 22.6. The molecule has 0 bridgehead atoms. The maximum absolute atomic E-state index is 9.60. The second-order valence-corrected chi connectivity index (χ2v) is 9.83. The lowest BCUT2D eigenvalue weighted by atomic mass is 9.87. The zero-order valence-corrected chi connectivity index (χ0v) is 19.1. The molecule has 0 spiro atoms. The van der Waals surface area contributed by atoms with Crippen molar-refractivity contribution in [2.45, 2.75) is 43.7 Å². The van der Waals surface area contributed by atoms with Crippen molar-refractivity contribution in [3.63, 3.8) is 0 Å². The van der Waals surface area contributed by atoms with Crippen molar-refractivity contribution in [2.75, 3.05) is 9.80 Å². The first-order valence-corrected chi connectivity index (χ1v) is 12.5. The molecule has 0 saturated carbocycles. The summed E-state index contributed by atoms with van der Waals surface area (Å²) in [6, 6.07) is 18.0. The molecular formula is C31H27N3. The van der Waals surface area contributed by atoms with E-state index >= 15 is 0 Å². The largest absolute Gasteiger partial charge is 0.335 e. The van der Waals surface area contributed by atoms with Crippen LogP contribution in [0.5, 0.6) is 0 Å². The van der Waals surface area contributed by atoms with Crippen molar-refractivity contribution in [3.05, 3.63) is 113 Å². The molecule has 2 aliphatic heterocycles. The van der Waals surface area contributed by atoms with E-state index in [1.165, 1.54) is 28.2 Å². The number of hydrogen-bond acceptors (Lipinski definition) is 3. The van der Waals surface area contributed by atoms with Gasteiger partial charge in [-0.25, -0.2) is 0 Å². The first-order chi connectivity index (χ1) is 16.8. The lowest BCUT2D eigenvalue weighted by molar-refractivity contribution is 0.565. The highest BCUT2D eigenvalue weighted by atomic mass is 15.3. The summed E-state index contributed by atoms with van der Waals surface area (Å²) in [6.45, 7) is 0. The lowest BCUT2D eigenvalue weighted by Crippen LogP contribution is -2.34. The molecule has 2 aromatic carbocycles. The fraction of sp³-hybridized carbons (Fsp3) is 0.258. The number of benzene rings is 2. The predicted octanol–water partition coefficient (Wildman–Crippen LogP) is 7.05. The number of nitrogens with zero attached hydrogens (tertiary/aromatic N) is 3. The van der Waals surface area contributed by atoms with Crippen LogP contribution in [0.2, 0.25) is 0 Å². The van der Waals surface area contributed by atoms with Crippen LogP contribution in [0.15, 0.2) is 102 Å². The quantitative estimate of drug-likeness (QED) is 0.468. The Morgan fingerprint density at radius 1 is 0.853 bits per heavy atom. The summed E-state index contributed by atoms with van der Waals surface area (Å²) in [5, 5.41) is 9.60. The van der Waals surface area contributed by atoms with Crippen LogP contribution in [0.3, 0.4) is 0 Å². The van der Waals surface area contributed by atoms with E-state index in [0.717, 1.165) is 31.4 Å².